The summed E-state index contributed by atoms with van der Waals surface area (Å²) in [5.74, 6) is -0.983. The molecular weight excluding hydrogens is 493 g/mol. The van der Waals surface area contributed by atoms with Crippen molar-refractivity contribution in [2.45, 2.75) is 58.3 Å². The quantitative estimate of drug-likeness (QED) is 0.132. The topological polar surface area (TPSA) is 9.23 Å². The molecule has 1 nitrogen and oxygen atoms in total. The molecule has 0 saturated heterocycles. The highest BCUT2D eigenvalue weighted by Crippen LogP contribution is 2.26. The lowest BCUT2D eigenvalue weighted by molar-refractivity contribution is 0.305. The van der Waals surface area contributed by atoms with E-state index in [0.717, 1.165) is 42.6 Å². The zero-order valence-corrected chi connectivity index (χ0v) is 21.9. The van der Waals surface area contributed by atoms with Crippen molar-refractivity contribution in [3.8, 4) is 5.75 Å². The number of rotatable bonds is 12. The minimum Gasteiger partial charge on any atom is -0.494 e. The third kappa shape index (κ3) is 7.29. The van der Waals surface area contributed by atoms with Crippen LogP contribution in [0.5, 0.6) is 5.75 Å². The Labute approximate surface area is 222 Å². The van der Waals surface area contributed by atoms with Crippen LogP contribution in [0.1, 0.15) is 54.9 Å². The number of benzene rings is 4. The number of halogens is 4. The minimum absolute atomic E-state index is 0.288. The van der Waals surface area contributed by atoms with E-state index >= 15 is 4.39 Å². The largest absolute Gasteiger partial charge is 0.494 e. The summed E-state index contributed by atoms with van der Waals surface area (Å²) in [6.45, 7) is 2.96. The fraction of sp³-hybridized carbons (Fsp3) is 0.312. The molecule has 0 radical (unpaired) electrons. The molecule has 37 heavy (non-hydrogen) atoms. The number of unbranched alkanes of at least 4 members (excludes halogenated alkanes) is 3. The zero-order chi connectivity index (χ0) is 26.2. The van der Waals surface area contributed by atoms with E-state index in [1.165, 1.54) is 37.0 Å². The van der Waals surface area contributed by atoms with E-state index in [4.69, 9.17) is 16.3 Å². The second-order valence-corrected chi connectivity index (χ2v) is 9.90. The lowest BCUT2D eigenvalue weighted by Gasteiger charge is -2.10. The number of hydrogen-bond acceptors (Lipinski definition) is 1. The molecule has 0 unspecified atom stereocenters. The Hall–Kier alpha value is -2.98. The summed E-state index contributed by atoms with van der Waals surface area (Å²) in [6, 6.07) is 20.1. The van der Waals surface area contributed by atoms with Gasteiger partial charge >= 0.3 is 0 Å². The van der Waals surface area contributed by atoms with Gasteiger partial charge < -0.3 is 4.74 Å². The van der Waals surface area contributed by atoms with Crippen LogP contribution in [0.4, 0.5) is 13.2 Å². The summed E-state index contributed by atoms with van der Waals surface area (Å²) in [7, 11) is 0. The molecule has 0 N–H and O–H groups in total. The summed E-state index contributed by atoms with van der Waals surface area (Å²) in [5.41, 5.74) is 3.34. The molecule has 0 bridgehead atoms. The molecule has 0 spiro atoms. The van der Waals surface area contributed by atoms with Gasteiger partial charge in [-0.1, -0.05) is 80.3 Å². The van der Waals surface area contributed by atoms with Crippen molar-refractivity contribution >= 4 is 22.4 Å². The third-order valence-corrected chi connectivity index (χ3v) is 7.08. The van der Waals surface area contributed by atoms with Crippen molar-refractivity contribution in [1.82, 2.24) is 0 Å². The maximum atomic E-state index is 15.2. The van der Waals surface area contributed by atoms with Crippen LogP contribution in [0.15, 0.2) is 66.7 Å². The smallest absolute Gasteiger partial charge is 0.145 e. The van der Waals surface area contributed by atoms with Crippen molar-refractivity contribution in [3.63, 3.8) is 0 Å². The van der Waals surface area contributed by atoms with E-state index in [1.807, 2.05) is 36.4 Å². The number of fused-ring (bicyclic) bond motifs is 1. The van der Waals surface area contributed by atoms with Crippen LogP contribution in [-0.2, 0) is 25.7 Å². The normalized spacial score (nSPS) is 11.3. The second kappa shape index (κ2) is 13.0. The highest BCUT2D eigenvalue weighted by molar-refractivity contribution is 6.30. The predicted octanol–water partition coefficient (Wildman–Crippen LogP) is 9.44. The Bertz CT molecular complexity index is 1310. The Balaban J connectivity index is 1.34. The van der Waals surface area contributed by atoms with Crippen molar-refractivity contribution < 1.29 is 17.9 Å². The average molecular weight is 525 g/mol. The first kappa shape index (κ1) is 27.1. The first-order valence-electron chi connectivity index (χ1n) is 13.0. The fourth-order valence-electron chi connectivity index (χ4n) is 4.53. The maximum absolute atomic E-state index is 15.2. The SMILES string of the molecule is CCCCCCOc1ccc(CCc2ccc3c(F)c(CCc4cc(F)c(Cl)c(F)c4)ccc3c2)cc1. The molecule has 5 heteroatoms. The van der Waals surface area contributed by atoms with Crippen LogP contribution in [0.3, 0.4) is 0 Å². The summed E-state index contributed by atoms with van der Waals surface area (Å²) in [5, 5.41) is 0.875. The van der Waals surface area contributed by atoms with Crippen LogP contribution < -0.4 is 4.74 Å². The molecule has 0 aliphatic rings. The first-order valence-corrected chi connectivity index (χ1v) is 13.4. The monoisotopic (exact) mass is 524 g/mol. The molecule has 0 atom stereocenters. The van der Waals surface area contributed by atoms with E-state index < -0.39 is 16.7 Å². The number of ether oxygens (including phenoxy) is 1. The lowest BCUT2D eigenvalue weighted by atomic mass is 9.97. The molecule has 0 aliphatic carbocycles. The fourth-order valence-corrected chi connectivity index (χ4v) is 4.64. The molecule has 4 aromatic carbocycles. The molecule has 0 amide bonds. The minimum atomic E-state index is -0.801. The summed E-state index contributed by atoms with van der Waals surface area (Å²) < 4.78 is 48.4. The summed E-state index contributed by atoms with van der Waals surface area (Å²) in [4.78, 5) is 0. The standard InChI is InChI=1S/C32H32ClF3O/c1-2-3-4-5-18-37-27-15-9-22(10-16-27)6-7-23-11-17-28-26(19-23)14-13-25(32(28)36)12-8-24-20-29(34)31(33)30(35)21-24/h9-11,13-17,19-21H,2-8,12,18H2,1H3. The van der Waals surface area contributed by atoms with Gasteiger partial charge in [-0.25, -0.2) is 13.2 Å². The molecule has 0 aromatic heterocycles. The van der Waals surface area contributed by atoms with Gasteiger partial charge in [-0.05, 0) is 84.0 Å². The van der Waals surface area contributed by atoms with E-state index in [0.29, 0.717) is 29.4 Å². The van der Waals surface area contributed by atoms with Gasteiger partial charge in [-0.3, -0.25) is 0 Å². The van der Waals surface area contributed by atoms with Gasteiger partial charge in [0.25, 0.3) is 0 Å². The van der Waals surface area contributed by atoms with Crippen molar-refractivity contribution in [2.24, 2.45) is 0 Å². The van der Waals surface area contributed by atoms with E-state index in [2.05, 4.69) is 19.1 Å². The van der Waals surface area contributed by atoms with Crippen LogP contribution in [0.2, 0.25) is 5.02 Å². The molecule has 4 aromatic rings. The average Bonchev–Trinajstić information content (AvgIpc) is 2.90. The van der Waals surface area contributed by atoms with Gasteiger partial charge in [0.05, 0.1) is 6.61 Å². The summed E-state index contributed by atoms with van der Waals surface area (Å²) >= 11 is 5.55. The van der Waals surface area contributed by atoms with Crippen molar-refractivity contribution in [3.05, 3.63) is 111 Å². The van der Waals surface area contributed by atoms with E-state index in [-0.39, 0.29) is 5.82 Å². The van der Waals surface area contributed by atoms with E-state index in [9.17, 15) is 8.78 Å². The predicted molar refractivity (Wildman–Crippen MR) is 146 cm³/mol. The molecular formula is C32H32ClF3O. The number of aryl methyl sites for hydroxylation is 4. The van der Waals surface area contributed by atoms with E-state index in [1.54, 1.807) is 6.07 Å². The lowest BCUT2D eigenvalue weighted by Crippen LogP contribution is -1.99. The van der Waals surface area contributed by atoms with Gasteiger partial charge in [0.2, 0.25) is 0 Å². The third-order valence-electron chi connectivity index (χ3n) is 6.72. The molecule has 0 heterocycles. The molecule has 4 rings (SSSR count). The van der Waals surface area contributed by atoms with Gasteiger partial charge in [0, 0.05) is 5.39 Å². The van der Waals surface area contributed by atoms with Gasteiger partial charge in [0.1, 0.15) is 28.2 Å². The molecule has 0 aliphatic heterocycles. The zero-order valence-electron chi connectivity index (χ0n) is 21.1. The van der Waals surface area contributed by atoms with Crippen LogP contribution in [0, 0.1) is 17.5 Å². The highest BCUT2D eigenvalue weighted by atomic mass is 35.5. The van der Waals surface area contributed by atoms with Crippen LogP contribution in [-0.4, -0.2) is 6.61 Å². The Morgan fingerprint density at radius 1 is 0.676 bits per heavy atom. The molecule has 0 saturated carbocycles. The van der Waals surface area contributed by atoms with Gasteiger partial charge in [-0.2, -0.15) is 0 Å². The van der Waals surface area contributed by atoms with Gasteiger partial charge in [-0.15, -0.1) is 0 Å². The van der Waals surface area contributed by atoms with Crippen molar-refractivity contribution in [2.75, 3.05) is 6.61 Å². The van der Waals surface area contributed by atoms with Crippen LogP contribution in [0.25, 0.3) is 10.8 Å². The second-order valence-electron chi connectivity index (χ2n) is 9.52. The Morgan fingerprint density at radius 3 is 2.08 bits per heavy atom. The van der Waals surface area contributed by atoms with Gasteiger partial charge in [0.15, 0.2) is 0 Å². The van der Waals surface area contributed by atoms with Crippen LogP contribution >= 0.6 is 11.6 Å². The Morgan fingerprint density at radius 2 is 1.35 bits per heavy atom. The molecule has 0 fully saturated rings. The molecule has 194 valence electrons. The van der Waals surface area contributed by atoms with Crippen molar-refractivity contribution in [1.29, 1.82) is 0 Å². The highest BCUT2D eigenvalue weighted by Gasteiger charge is 2.12. The first-order chi connectivity index (χ1) is 17.9. The Kier molecular flexibility index (Phi) is 9.51. The maximum Gasteiger partial charge on any atom is 0.145 e. The number of hydrogen-bond donors (Lipinski definition) is 0. The summed E-state index contributed by atoms with van der Waals surface area (Å²) in [6.07, 6.45) is 7.15.